The number of guanidine groups is 1. The number of nitrogens with one attached hydrogen (secondary N) is 1. The molecule has 0 amide bonds. The molecule has 0 saturated carbocycles. The largest absolute Gasteiger partial charge is 0.376 e. The molecule has 1 heterocycles. The van der Waals surface area contributed by atoms with Crippen molar-refractivity contribution in [2.24, 2.45) is 10.7 Å². The van der Waals surface area contributed by atoms with Crippen molar-refractivity contribution in [3.05, 3.63) is 29.3 Å². The average molecular weight is 325 g/mol. The number of nitrogens with two attached hydrogens (primary N) is 1. The van der Waals surface area contributed by atoms with Crippen molar-refractivity contribution in [3.63, 3.8) is 0 Å². The van der Waals surface area contributed by atoms with Crippen LogP contribution in [0.1, 0.15) is 24.0 Å². The predicted molar refractivity (Wildman–Crippen MR) is 86.6 cm³/mol. The van der Waals surface area contributed by atoms with Crippen LogP contribution in [-0.4, -0.2) is 39.9 Å². The molecule has 0 aliphatic carbocycles. The second kappa shape index (κ2) is 7.11. The van der Waals surface area contributed by atoms with Gasteiger partial charge in [-0.25, -0.2) is 13.4 Å². The number of sulfone groups is 1. The number of nitrogens with zero attached hydrogens (tertiary/aromatic N) is 1. The molecule has 0 bridgehead atoms. The molecule has 0 spiro atoms. The zero-order chi connectivity index (χ0) is 16.2. The number of aryl methyl sites for hydroxylation is 1. The first-order valence-corrected chi connectivity index (χ1v) is 9.20. The third-order valence-corrected chi connectivity index (χ3v) is 4.86. The van der Waals surface area contributed by atoms with Gasteiger partial charge in [0.2, 0.25) is 0 Å². The summed E-state index contributed by atoms with van der Waals surface area (Å²) in [5.74, 6) is 0.344. The lowest BCUT2D eigenvalue weighted by atomic mass is 10.1. The standard InChI is InChI=1S/C15H23N3O3S/c1-11-5-6-12(8-14(11)22(2,19)20)9-17-15(16)18-10-13-4-3-7-21-13/h5-6,8,13H,3-4,7,9-10H2,1-2H3,(H3,16,17,18). The molecular formula is C15H23N3O3S. The van der Waals surface area contributed by atoms with Crippen molar-refractivity contribution in [1.82, 2.24) is 5.32 Å². The van der Waals surface area contributed by atoms with Crippen LogP contribution >= 0.6 is 0 Å². The van der Waals surface area contributed by atoms with E-state index in [1.54, 1.807) is 19.1 Å². The first kappa shape index (κ1) is 16.8. The lowest BCUT2D eigenvalue weighted by Gasteiger charge is -2.11. The molecule has 0 aromatic heterocycles. The summed E-state index contributed by atoms with van der Waals surface area (Å²) >= 11 is 0. The Morgan fingerprint density at radius 1 is 1.50 bits per heavy atom. The number of hydrogen-bond donors (Lipinski definition) is 2. The normalized spacial score (nSPS) is 19.4. The highest BCUT2D eigenvalue weighted by Crippen LogP contribution is 2.17. The quantitative estimate of drug-likeness (QED) is 0.622. The summed E-state index contributed by atoms with van der Waals surface area (Å²) < 4.78 is 28.9. The van der Waals surface area contributed by atoms with Crippen molar-refractivity contribution in [2.45, 2.75) is 37.3 Å². The summed E-state index contributed by atoms with van der Waals surface area (Å²) in [6.07, 6.45) is 3.53. The van der Waals surface area contributed by atoms with Crippen LogP contribution in [0, 0.1) is 6.92 Å². The van der Waals surface area contributed by atoms with Crippen molar-refractivity contribution >= 4 is 15.8 Å². The van der Waals surface area contributed by atoms with Gasteiger partial charge in [-0.3, -0.25) is 0 Å². The fourth-order valence-electron chi connectivity index (χ4n) is 2.40. The minimum atomic E-state index is -3.23. The molecule has 3 N–H and O–H groups in total. The monoisotopic (exact) mass is 325 g/mol. The number of hydrogen-bond acceptors (Lipinski definition) is 4. The number of benzene rings is 1. The Bertz CT molecular complexity index is 650. The van der Waals surface area contributed by atoms with E-state index in [0.29, 0.717) is 23.9 Å². The molecule has 1 aliphatic rings. The van der Waals surface area contributed by atoms with E-state index in [0.717, 1.165) is 30.6 Å². The Kier molecular flexibility index (Phi) is 5.42. The van der Waals surface area contributed by atoms with Crippen LogP contribution in [0.25, 0.3) is 0 Å². The van der Waals surface area contributed by atoms with E-state index < -0.39 is 9.84 Å². The fraction of sp³-hybridized carbons (Fsp3) is 0.533. The van der Waals surface area contributed by atoms with Gasteiger partial charge < -0.3 is 15.8 Å². The smallest absolute Gasteiger partial charge is 0.189 e. The van der Waals surface area contributed by atoms with E-state index in [1.165, 1.54) is 6.26 Å². The van der Waals surface area contributed by atoms with E-state index in [1.807, 2.05) is 6.07 Å². The number of rotatable bonds is 5. The van der Waals surface area contributed by atoms with Crippen molar-refractivity contribution in [3.8, 4) is 0 Å². The topological polar surface area (TPSA) is 93.8 Å². The van der Waals surface area contributed by atoms with Crippen LogP contribution in [0.3, 0.4) is 0 Å². The second-order valence-corrected chi connectivity index (χ2v) is 7.57. The van der Waals surface area contributed by atoms with Gasteiger partial charge in [0.1, 0.15) is 0 Å². The first-order chi connectivity index (χ1) is 10.4. The van der Waals surface area contributed by atoms with Gasteiger partial charge in [-0.2, -0.15) is 0 Å². The van der Waals surface area contributed by atoms with Crippen LogP contribution in [0.4, 0.5) is 0 Å². The maximum Gasteiger partial charge on any atom is 0.189 e. The molecule has 6 nitrogen and oxygen atoms in total. The van der Waals surface area contributed by atoms with Gasteiger partial charge >= 0.3 is 0 Å². The van der Waals surface area contributed by atoms with Crippen LogP contribution in [0.5, 0.6) is 0 Å². The Labute approximate surface area is 131 Å². The Morgan fingerprint density at radius 3 is 2.91 bits per heavy atom. The zero-order valence-corrected chi connectivity index (χ0v) is 13.8. The number of ether oxygens (including phenoxy) is 1. The Hall–Kier alpha value is -1.60. The van der Waals surface area contributed by atoms with E-state index in [2.05, 4.69) is 10.3 Å². The van der Waals surface area contributed by atoms with Gasteiger partial charge in [0, 0.05) is 19.4 Å². The Morgan fingerprint density at radius 2 is 2.27 bits per heavy atom. The minimum Gasteiger partial charge on any atom is -0.376 e. The highest BCUT2D eigenvalue weighted by Gasteiger charge is 2.15. The maximum absolute atomic E-state index is 11.7. The molecule has 1 aliphatic heterocycles. The van der Waals surface area contributed by atoms with Gasteiger partial charge in [0.05, 0.1) is 17.5 Å². The molecule has 1 unspecified atom stereocenters. The van der Waals surface area contributed by atoms with Crippen molar-refractivity contribution < 1.29 is 13.2 Å². The third-order valence-electron chi connectivity index (χ3n) is 3.62. The summed E-state index contributed by atoms with van der Waals surface area (Å²) in [5.41, 5.74) is 7.37. The summed E-state index contributed by atoms with van der Waals surface area (Å²) in [4.78, 5) is 4.58. The van der Waals surface area contributed by atoms with Crippen molar-refractivity contribution in [2.75, 3.05) is 19.4 Å². The summed E-state index contributed by atoms with van der Waals surface area (Å²) in [6, 6.07) is 5.31. The van der Waals surface area contributed by atoms with E-state index >= 15 is 0 Å². The van der Waals surface area contributed by atoms with Gasteiger partial charge in [0.25, 0.3) is 0 Å². The minimum absolute atomic E-state index is 0.199. The molecular weight excluding hydrogens is 302 g/mol. The molecule has 1 aromatic carbocycles. The Balaban J connectivity index is 1.96. The van der Waals surface area contributed by atoms with Crippen molar-refractivity contribution in [1.29, 1.82) is 0 Å². The molecule has 22 heavy (non-hydrogen) atoms. The van der Waals surface area contributed by atoms with Gasteiger partial charge in [-0.1, -0.05) is 12.1 Å². The molecule has 0 radical (unpaired) electrons. The van der Waals surface area contributed by atoms with E-state index in [4.69, 9.17) is 10.5 Å². The predicted octanol–water partition coefficient (Wildman–Crippen LogP) is 0.982. The van der Waals surface area contributed by atoms with Gasteiger partial charge in [-0.05, 0) is 37.0 Å². The van der Waals surface area contributed by atoms with E-state index in [9.17, 15) is 8.42 Å². The summed E-state index contributed by atoms with van der Waals surface area (Å²) in [5, 5.41) is 3.04. The molecule has 1 atom stereocenters. The highest BCUT2D eigenvalue weighted by atomic mass is 32.2. The van der Waals surface area contributed by atoms with Crippen LogP contribution in [0.2, 0.25) is 0 Å². The maximum atomic E-state index is 11.7. The van der Waals surface area contributed by atoms with Crippen LogP contribution in [-0.2, 0) is 21.1 Å². The molecule has 1 fully saturated rings. The molecule has 1 saturated heterocycles. The molecule has 7 heteroatoms. The fourth-order valence-corrected chi connectivity index (χ4v) is 3.42. The lowest BCUT2D eigenvalue weighted by molar-refractivity contribution is 0.114. The van der Waals surface area contributed by atoms with E-state index in [-0.39, 0.29) is 6.10 Å². The summed E-state index contributed by atoms with van der Waals surface area (Å²) in [7, 11) is -3.23. The lowest BCUT2D eigenvalue weighted by Crippen LogP contribution is -2.37. The average Bonchev–Trinajstić information content (AvgIpc) is 2.96. The molecule has 2 rings (SSSR count). The second-order valence-electron chi connectivity index (χ2n) is 5.59. The third kappa shape index (κ3) is 4.71. The van der Waals surface area contributed by atoms with Gasteiger partial charge in [0.15, 0.2) is 15.8 Å². The first-order valence-electron chi connectivity index (χ1n) is 7.31. The number of aliphatic imine (C=N–C) groups is 1. The summed E-state index contributed by atoms with van der Waals surface area (Å²) in [6.45, 7) is 3.58. The van der Waals surface area contributed by atoms with Gasteiger partial charge in [-0.15, -0.1) is 0 Å². The SMILES string of the molecule is Cc1ccc(CN=C(N)NCC2CCCO2)cc1S(C)(=O)=O. The molecule has 1 aromatic rings. The van der Waals surface area contributed by atoms with Crippen LogP contribution in [0.15, 0.2) is 28.1 Å². The highest BCUT2D eigenvalue weighted by molar-refractivity contribution is 7.90. The van der Waals surface area contributed by atoms with Crippen LogP contribution < -0.4 is 11.1 Å². The zero-order valence-electron chi connectivity index (χ0n) is 13.0. The molecule has 122 valence electrons.